The van der Waals surface area contributed by atoms with Crippen molar-refractivity contribution in [1.29, 1.82) is 0 Å². The minimum absolute atomic E-state index is 0.0235. The van der Waals surface area contributed by atoms with Crippen LogP contribution in [0.4, 0.5) is 11.6 Å². The normalized spacial score (nSPS) is 14.4. The van der Waals surface area contributed by atoms with Gasteiger partial charge < -0.3 is 16.2 Å². The molecule has 1 amide bonds. The Morgan fingerprint density at radius 1 is 1.16 bits per heavy atom. The van der Waals surface area contributed by atoms with Gasteiger partial charge in [-0.15, -0.1) is 0 Å². The summed E-state index contributed by atoms with van der Waals surface area (Å²) in [5.41, 5.74) is 6.79. The maximum atomic E-state index is 12.9. The summed E-state index contributed by atoms with van der Waals surface area (Å²) < 4.78 is 1.84. The molecule has 0 bridgehead atoms. The van der Waals surface area contributed by atoms with E-state index in [9.17, 15) is 20.0 Å². The molecule has 2 heterocycles. The van der Waals surface area contributed by atoms with Crippen LogP contribution >= 0.6 is 0 Å². The first kappa shape index (κ1) is 24.9. The van der Waals surface area contributed by atoms with Gasteiger partial charge in [0.15, 0.2) is 0 Å². The third-order valence-electron chi connectivity index (χ3n) is 6.66. The Morgan fingerprint density at radius 2 is 1.95 bits per heavy atom. The van der Waals surface area contributed by atoms with E-state index in [1.165, 1.54) is 18.2 Å². The Hall–Kier alpha value is -4.75. The summed E-state index contributed by atoms with van der Waals surface area (Å²) in [5.74, 6) is 6.22. The number of anilines is 1. The summed E-state index contributed by atoms with van der Waals surface area (Å²) in [4.78, 5) is 32.0. The van der Waals surface area contributed by atoms with Crippen LogP contribution in [0.15, 0.2) is 60.8 Å². The molecular weight excluding hydrogens is 484 g/mol. The number of aromatic nitrogens is 3. The van der Waals surface area contributed by atoms with E-state index in [2.05, 4.69) is 27.1 Å². The van der Waals surface area contributed by atoms with E-state index in [1.807, 2.05) is 28.8 Å². The largest absolute Gasteiger partial charge is 0.378 e. The van der Waals surface area contributed by atoms with Crippen LogP contribution in [0.3, 0.4) is 0 Å². The van der Waals surface area contributed by atoms with Gasteiger partial charge in [0.25, 0.3) is 11.6 Å². The molecule has 4 N–H and O–H groups in total. The molecule has 2 aromatic carbocycles. The Morgan fingerprint density at radius 3 is 2.71 bits per heavy atom. The SMILES string of the molecule is Nc1nccc(-n2c(CNC(=O)c3ccccc3[N+](=O)[O-])cc3ccc(C#CC4(O)CCCCC4)cc32)n1. The lowest BCUT2D eigenvalue weighted by Gasteiger charge is -2.26. The third kappa shape index (κ3) is 5.19. The van der Waals surface area contributed by atoms with Gasteiger partial charge in [0.1, 0.15) is 17.0 Å². The smallest absolute Gasteiger partial charge is 0.282 e. The van der Waals surface area contributed by atoms with E-state index >= 15 is 0 Å². The van der Waals surface area contributed by atoms with Crippen molar-refractivity contribution in [3.63, 3.8) is 0 Å². The van der Waals surface area contributed by atoms with Crippen molar-refractivity contribution in [1.82, 2.24) is 19.9 Å². The molecule has 0 aliphatic heterocycles. The zero-order valence-electron chi connectivity index (χ0n) is 20.6. The van der Waals surface area contributed by atoms with Crippen LogP contribution in [0.5, 0.6) is 0 Å². The minimum Gasteiger partial charge on any atom is -0.378 e. The molecule has 0 atom stereocenters. The number of hydrogen-bond donors (Lipinski definition) is 3. The number of fused-ring (bicyclic) bond motifs is 1. The highest BCUT2D eigenvalue weighted by Gasteiger charge is 2.26. The number of nitro benzene ring substituents is 1. The van der Waals surface area contributed by atoms with Crippen molar-refractivity contribution in [3.8, 4) is 17.7 Å². The lowest BCUT2D eigenvalue weighted by atomic mass is 9.85. The van der Waals surface area contributed by atoms with E-state index in [0.717, 1.165) is 35.7 Å². The second-order valence-corrected chi connectivity index (χ2v) is 9.32. The molecule has 1 aliphatic rings. The van der Waals surface area contributed by atoms with Crippen LogP contribution in [0, 0.1) is 22.0 Å². The van der Waals surface area contributed by atoms with E-state index in [4.69, 9.17) is 5.73 Å². The van der Waals surface area contributed by atoms with Crippen molar-refractivity contribution in [3.05, 3.63) is 87.7 Å². The van der Waals surface area contributed by atoms with Crippen LogP contribution < -0.4 is 11.1 Å². The number of hydrogen-bond acceptors (Lipinski definition) is 7. The number of carbonyl (C=O) groups is 1. The Bertz CT molecular complexity index is 1590. The predicted molar refractivity (Wildman–Crippen MR) is 142 cm³/mol. The fraction of sp³-hybridized carbons (Fsp3) is 0.250. The fourth-order valence-corrected chi connectivity index (χ4v) is 4.77. The maximum Gasteiger partial charge on any atom is 0.282 e. The fourth-order valence-electron chi connectivity index (χ4n) is 4.77. The van der Waals surface area contributed by atoms with Gasteiger partial charge in [-0.2, -0.15) is 4.98 Å². The zero-order valence-corrected chi connectivity index (χ0v) is 20.6. The highest BCUT2D eigenvalue weighted by molar-refractivity contribution is 5.98. The quantitative estimate of drug-likeness (QED) is 0.209. The van der Waals surface area contributed by atoms with Gasteiger partial charge in [0.2, 0.25) is 5.95 Å². The number of nitrogens with two attached hydrogens (primary N) is 1. The number of carbonyl (C=O) groups excluding carboxylic acids is 1. The van der Waals surface area contributed by atoms with Crippen LogP contribution in [0.25, 0.3) is 16.7 Å². The molecule has 1 fully saturated rings. The highest BCUT2D eigenvalue weighted by atomic mass is 16.6. The molecule has 5 rings (SSSR count). The van der Waals surface area contributed by atoms with Gasteiger partial charge in [-0.25, -0.2) is 4.98 Å². The average molecular weight is 511 g/mol. The van der Waals surface area contributed by atoms with E-state index in [-0.39, 0.29) is 23.7 Å². The second-order valence-electron chi connectivity index (χ2n) is 9.32. The molecule has 4 aromatic rings. The van der Waals surface area contributed by atoms with Gasteiger partial charge in [-0.05, 0) is 56.0 Å². The summed E-state index contributed by atoms with van der Waals surface area (Å²) in [6, 6.07) is 15.1. The molecule has 2 aromatic heterocycles. The van der Waals surface area contributed by atoms with E-state index in [1.54, 1.807) is 18.3 Å². The summed E-state index contributed by atoms with van der Waals surface area (Å²) in [7, 11) is 0. The standard InChI is InChI=1S/C28H26N6O4/c29-27-30-15-11-25(32-27)33-21(18-31-26(35)22-6-2-3-7-23(22)34(37)38)17-20-9-8-19(16-24(20)33)10-14-28(36)12-4-1-5-13-28/h2-3,6-9,11,15-17,36H,1,4-5,12-13,18H2,(H,31,35)(H2,29,30,32). The first-order chi connectivity index (χ1) is 18.3. The lowest BCUT2D eigenvalue weighted by Crippen LogP contribution is -2.29. The molecule has 10 nitrogen and oxygen atoms in total. The van der Waals surface area contributed by atoms with Crippen molar-refractivity contribution < 1.29 is 14.8 Å². The molecular formula is C28H26N6O4. The zero-order chi connectivity index (χ0) is 26.7. The molecule has 1 aliphatic carbocycles. The number of para-hydroxylation sites is 1. The molecule has 0 unspecified atom stereocenters. The van der Waals surface area contributed by atoms with Gasteiger partial charge in [-0.1, -0.05) is 36.5 Å². The molecule has 0 saturated heterocycles. The number of nitrogens with one attached hydrogen (secondary N) is 1. The number of nitrogen functional groups attached to an aromatic ring is 1. The number of amides is 1. The second kappa shape index (κ2) is 10.3. The first-order valence-electron chi connectivity index (χ1n) is 12.3. The molecule has 10 heteroatoms. The lowest BCUT2D eigenvalue weighted by molar-refractivity contribution is -0.385. The summed E-state index contributed by atoms with van der Waals surface area (Å²) in [5, 5.41) is 25.8. The van der Waals surface area contributed by atoms with Crippen LogP contribution in [-0.4, -0.2) is 36.1 Å². The van der Waals surface area contributed by atoms with Gasteiger partial charge in [0.05, 0.1) is 17.0 Å². The Labute approximate surface area is 218 Å². The number of aliphatic hydroxyl groups is 1. The number of nitro groups is 1. The van der Waals surface area contributed by atoms with Crippen LogP contribution in [0.1, 0.15) is 53.7 Å². The molecule has 38 heavy (non-hydrogen) atoms. The van der Waals surface area contributed by atoms with Gasteiger partial charge >= 0.3 is 0 Å². The summed E-state index contributed by atoms with van der Waals surface area (Å²) in [6.45, 7) is 0.0736. The minimum atomic E-state index is -0.966. The van der Waals surface area contributed by atoms with Crippen molar-refractivity contribution in [2.24, 2.45) is 0 Å². The number of rotatable bonds is 5. The average Bonchev–Trinajstić information content (AvgIpc) is 3.28. The van der Waals surface area contributed by atoms with E-state index in [0.29, 0.717) is 24.4 Å². The van der Waals surface area contributed by atoms with Crippen molar-refractivity contribution in [2.45, 2.75) is 44.2 Å². The maximum absolute atomic E-state index is 12.9. The van der Waals surface area contributed by atoms with Crippen molar-refractivity contribution in [2.75, 3.05) is 5.73 Å². The molecule has 192 valence electrons. The molecule has 0 radical (unpaired) electrons. The first-order valence-corrected chi connectivity index (χ1v) is 12.3. The topological polar surface area (TPSA) is 149 Å². The van der Waals surface area contributed by atoms with Gasteiger partial charge in [-0.3, -0.25) is 19.5 Å². The monoisotopic (exact) mass is 510 g/mol. The summed E-state index contributed by atoms with van der Waals surface area (Å²) in [6.07, 6.45) is 5.92. The van der Waals surface area contributed by atoms with Crippen LogP contribution in [-0.2, 0) is 6.54 Å². The van der Waals surface area contributed by atoms with Crippen molar-refractivity contribution >= 4 is 28.4 Å². The van der Waals surface area contributed by atoms with Crippen LogP contribution in [0.2, 0.25) is 0 Å². The Kier molecular flexibility index (Phi) is 6.77. The highest BCUT2D eigenvalue weighted by Crippen LogP contribution is 2.28. The van der Waals surface area contributed by atoms with E-state index < -0.39 is 16.4 Å². The Balaban J connectivity index is 1.51. The van der Waals surface area contributed by atoms with Gasteiger partial charge in [0, 0.05) is 28.9 Å². The number of benzene rings is 2. The summed E-state index contributed by atoms with van der Waals surface area (Å²) >= 11 is 0. The third-order valence-corrected chi connectivity index (χ3v) is 6.66. The number of nitrogens with zero attached hydrogens (tertiary/aromatic N) is 4. The predicted octanol–water partition coefficient (Wildman–Crippen LogP) is 3.89. The molecule has 0 spiro atoms. The molecule has 1 saturated carbocycles.